The van der Waals surface area contributed by atoms with Crippen molar-refractivity contribution in [3.63, 3.8) is 0 Å². The molecule has 2 radical (unpaired) electrons. The van der Waals surface area contributed by atoms with Gasteiger partial charge in [-0.15, -0.1) is 0 Å². The predicted octanol–water partition coefficient (Wildman–Crippen LogP) is 1.80. The lowest BCUT2D eigenvalue weighted by molar-refractivity contribution is 0.542. The third-order valence-electron chi connectivity index (χ3n) is 5.95. The zero-order valence-electron chi connectivity index (χ0n) is 19.2. The van der Waals surface area contributed by atoms with Crippen molar-refractivity contribution < 1.29 is 0 Å². The molecule has 7 rings (SSSR count). The maximum absolute atomic E-state index is 4.72. The van der Waals surface area contributed by atoms with Crippen LogP contribution in [-0.4, -0.2) is 36.2 Å². The quantitative estimate of drug-likeness (QED) is 0.472. The molecular formula is C29H21N7. The van der Waals surface area contributed by atoms with Crippen molar-refractivity contribution in [1.29, 1.82) is 0 Å². The molecule has 36 heavy (non-hydrogen) atoms. The summed E-state index contributed by atoms with van der Waals surface area (Å²) in [5, 5.41) is 3.95. The highest BCUT2D eigenvalue weighted by atomic mass is 15.3. The van der Waals surface area contributed by atoms with Crippen LogP contribution in [0.4, 0.5) is 0 Å². The molecule has 172 valence electrons. The van der Waals surface area contributed by atoms with Gasteiger partial charge in [0.15, 0.2) is 0 Å². The smallest absolute Gasteiger partial charge is 0.216 e. The minimum atomic E-state index is 0.878. The number of aromatic amines is 3. The zero-order chi connectivity index (χ0) is 23.9. The van der Waals surface area contributed by atoms with Crippen LogP contribution in [0, 0.1) is 6.67 Å². The summed E-state index contributed by atoms with van der Waals surface area (Å²) in [6, 6.07) is 12.3. The van der Waals surface area contributed by atoms with Crippen molar-refractivity contribution in [2.75, 3.05) is 0 Å². The van der Waals surface area contributed by atoms with Crippen LogP contribution in [0.3, 0.4) is 0 Å². The van der Waals surface area contributed by atoms with Crippen molar-refractivity contribution in [2.45, 2.75) is 0 Å². The summed E-state index contributed by atoms with van der Waals surface area (Å²) in [5.74, 6) is 0. The van der Waals surface area contributed by atoms with E-state index in [1.165, 1.54) is 0 Å². The molecule has 7 nitrogen and oxygen atoms in total. The van der Waals surface area contributed by atoms with Gasteiger partial charge >= 0.3 is 0 Å². The Morgan fingerprint density at radius 3 is 1.78 bits per heavy atom. The van der Waals surface area contributed by atoms with Crippen LogP contribution in [0.15, 0.2) is 101 Å². The van der Waals surface area contributed by atoms with Crippen LogP contribution in [0.2, 0.25) is 0 Å². The van der Waals surface area contributed by atoms with Gasteiger partial charge in [0.2, 0.25) is 6.67 Å². The van der Waals surface area contributed by atoms with Crippen LogP contribution in [0.5, 0.6) is 0 Å². The van der Waals surface area contributed by atoms with Crippen molar-refractivity contribution in [3.05, 3.63) is 130 Å². The van der Waals surface area contributed by atoms with E-state index in [9.17, 15) is 0 Å². The fraction of sp³-hybridized carbons (Fsp3) is 0. The Bertz CT molecular complexity index is 1830. The summed E-state index contributed by atoms with van der Waals surface area (Å²) >= 11 is 0. The van der Waals surface area contributed by atoms with Crippen molar-refractivity contribution in [3.8, 4) is 0 Å². The summed E-state index contributed by atoms with van der Waals surface area (Å²) in [6.45, 7) is 3.29. The average molecular weight is 468 g/mol. The van der Waals surface area contributed by atoms with Gasteiger partial charge in [-0.2, -0.15) is 0 Å². The van der Waals surface area contributed by atoms with E-state index in [1.54, 1.807) is 0 Å². The SMILES string of the molecule is [C]1N2C=CN1C=c1ccc([nH]1)=Cc1ccc([nH]1)C=C1C=CC(=N1)C=C1C=CC(=N1)C=c1ccc([nH]1)=C2. The summed E-state index contributed by atoms with van der Waals surface area (Å²) in [4.78, 5) is 23.5. The zero-order valence-corrected chi connectivity index (χ0v) is 19.2. The van der Waals surface area contributed by atoms with Crippen molar-refractivity contribution >= 4 is 42.1 Å². The Morgan fingerprint density at radius 1 is 0.528 bits per heavy atom. The van der Waals surface area contributed by atoms with Crippen LogP contribution >= 0.6 is 0 Å². The maximum Gasteiger partial charge on any atom is 0.216 e. The molecule has 0 amide bonds. The molecular weight excluding hydrogens is 446 g/mol. The Morgan fingerprint density at radius 2 is 1.08 bits per heavy atom. The van der Waals surface area contributed by atoms with Gasteiger partial charge in [0.05, 0.1) is 33.5 Å². The number of aromatic nitrogens is 3. The lowest BCUT2D eigenvalue weighted by Crippen LogP contribution is -2.19. The molecule has 3 aromatic rings. The first-order valence-electron chi connectivity index (χ1n) is 11.6. The molecule has 0 aliphatic carbocycles. The Kier molecular flexibility index (Phi) is 4.70. The van der Waals surface area contributed by atoms with Crippen molar-refractivity contribution in [2.24, 2.45) is 9.98 Å². The first kappa shape index (κ1) is 20.3. The third kappa shape index (κ3) is 4.25. The number of rotatable bonds is 0. The highest BCUT2D eigenvalue weighted by Gasteiger charge is 2.11. The highest BCUT2D eigenvalue weighted by molar-refractivity contribution is 6.19. The lowest BCUT2D eigenvalue weighted by atomic mass is 10.3. The number of hydrogen-bond donors (Lipinski definition) is 3. The first-order chi connectivity index (χ1) is 17.7. The average Bonchev–Trinajstić information content (AvgIpc) is 3.68. The minimum Gasteiger partial charge on any atom is -0.355 e. The Labute approximate surface area is 206 Å². The van der Waals surface area contributed by atoms with E-state index < -0.39 is 0 Å². The van der Waals surface area contributed by atoms with E-state index in [2.05, 4.69) is 45.9 Å². The maximum atomic E-state index is 4.72. The van der Waals surface area contributed by atoms with Gasteiger partial charge in [-0.05, 0) is 85.0 Å². The van der Waals surface area contributed by atoms with E-state index in [-0.39, 0.29) is 0 Å². The number of H-pyrrole nitrogens is 3. The second-order valence-corrected chi connectivity index (χ2v) is 8.75. The molecule has 4 aliphatic heterocycles. The standard InChI is InChI=1S/C29H21N7/c1-2-21-14-23-4-6-25(32-23)16-27-8-10-29(34-27)18-36-12-11-35(19-36)17-28-9-7-26(33-28)15-24-5-3-22(31-24)13-20(1)30-21/h1-18,31,33-34H. The number of hydrogen-bond acceptors (Lipinski definition) is 4. The largest absolute Gasteiger partial charge is 0.355 e. The second-order valence-electron chi connectivity index (χ2n) is 8.75. The Balaban J connectivity index is 1.30. The Hall–Kier alpha value is -5.04. The molecule has 0 atom stereocenters. The fourth-order valence-electron chi connectivity index (χ4n) is 4.31. The topological polar surface area (TPSA) is 78.6 Å². The van der Waals surface area contributed by atoms with Crippen LogP contribution in [-0.2, 0) is 0 Å². The summed E-state index contributed by atoms with van der Waals surface area (Å²) in [7, 11) is 0. The summed E-state index contributed by atoms with van der Waals surface area (Å²) in [6.07, 6.45) is 24.1. The molecule has 0 spiro atoms. The van der Waals surface area contributed by atoms with Gasteiger partial charge in [0.25, 0.3) is 0 Å². The van der Waals surface area contributed by atoms with Crippen LogP contribution < -0.4 is 21.4 Å². The van der Waals surface area contributed by atoms with Crippen molar-refractivity contribution in [1.82, 2.24) is 24.8 Å². The summed E-state index contributed by atoms with van der Waals surface area (Å²) < 4.78 is 0. The normalized spacial score (nSPS) is 17.9. The highest BCUT2D eigenvalue weighted by Crippen LogP contribution is 2.17. The van der Waals surface area contributed by atoms with Gasteiger partial charge in [-0.25, -0.2) is 9.98 Å². The molecule has 12 bridgehead atoms. The molecule has 7 heterocycles. The van der Waals surface area contributed by atoms with E-state index >= 15 is 0 Å². The number of nitrogens with zero attached hydrogens (tertiary/aromatic N) is 4. The summed E-state index contributed by atoms with van der Waals surface area (Å²) in [5.41, 5.74) is 5.56. The van der Waals surface area contributed by atoms with E-state index in [4.69, 9.17) is 9.98 Å². The molecule has 0 saturated carbocycles. The van der Waals surface area contributed by atoms with Gasteiger partial charge in [0, 0.05) is 46.9 Å². The van der Waals surface area contributed by atoms with Crippen LogP contribution in [0.25, 0.3) is 30.6 Å². The number of aliphatic imine (C=N–C) groups is 2. The van der Waals surface area contributed by atoms with E-state index in [0.29, 0.717) is 0 Å². The lowest BCUT2D eigenvalue weighted by Gasteiger charge is -2.10. The molecule has 7 heteroatoms. The third-order valence-corrected chi connectivity index (χ3v) is 5.95. The number of allylic oxidation sites excluding steroid dienone is 5. The monoisotopic (exact) mass is 467 g/mol. The molecule has 0 fully saturated rings. The van der Waals surface area contributed by atoms with Gasteiger partial charge in [0.1, 0.15) is 0 Å². The van der Waals surface area contributed by atoms with E-state index in [0.717, 1.165) is 55.6 Å². The predicted molar refractivity (Wildman–Crippen MR) is 143 cm³/mol. The fourth-order valence-corrected chi connectivity index (χ4v) is 4.31. The van der Waals surface area contributed by atoms with E-state index in [1.807, 2.05) is 95.3 Å². The molecule has 3 aromatic heterocycles. The second kappa shape index (κ2) is 8.32. The first-order valence-corrected chi connectivity index (χ1v) is 11.6. The minimum absolute atomic E-state index is 0.878. The number of fused-ring (bicyclic) bond motifs is 10. The molecule has 4 aliphatic rings. The van der Waals surface area contributed by atoms with Crippen LogP contribution in [0.1, 0.15) is 11.4 Å². The molecule has 0 saturated heterocycles. The van der Waals surface area contributed by atoms with Gasteiger partial charge in [-0.3, -0.25) is 0 Å². The number of nitrogens with one attached hydrogen (secondary N) is 3. The van der Waals surface area contributed by atoms with Gasteiger partial charge < -0.3 is 24.8 Å². The van der Waals surface area contributed by atoms with Gasteiger partial charge in [-0.1, -0.05) is 0 Å². The molecule has 0 unspecified atom stereocenters. The molecule has 3 N–H and O–H groups in total. The molecule has 0 aromatic carbocycles.